The highest BCUT2D eigenvalue weighted by Gasteiger charge is 2.34. The van der Waals surface area contributed by atoms with Crippen molar-refractivity contribution in [2.75, 3.05) is 4.90 Å². The maximum absolute atomic E-state index is 13.0. The zero-order valence-corrected chi connectivity index (χ0v) is 19.4. The van der Waals surface area contributed by atoms with Crippen LogP contribution >= 0.6 is 47.2 Å². The van der Waals surface area contributed by atoms with Crippen LogP contribution in [-0.4, -0.2) is 32.4 Å². The summed E-state index contributed by atoms with van der Waals surface area (Å²) < 4.78 is 5.92. The van der Waals surface area contributed by atoms with Crippen LogP contribution in [0.1, 0.15) is 26.5 Å². The molecule has 4 rings (SSSR count). The zero-order chi connectivity index (χ0) is 23.9. The molecule has 3 aromatic rings. The molecule has 0 spiro atoms. The van der Waals surface area contributed by atoms with E-state index in [0.29, 0.717) is 27.1 Å². The van der Waals surface area contributed by atoms with Gasteiger partial charge in [0.2, 0.25) is 0 Å². The maximum atomic E-state index is 13.0. The van der Waals surface area contributed by atoms with Gasteiger partial charge in [-0.3, -0.25) is 9.69 Å². The first-order valence-electron chi connectivity index (χ1n) is 9.09. The number of hydrogen-bond acceptors (Lipinski definition) is 6. The van der Waals surface area contributed by atoms with Gasteiger partial charge in [-0.25, -0.2) is 9.59 Å². The lowest BCUT2D eigenvalue weighted by atomic mass is 10.1. The van der Waals surface area contributed by atoms with Crippen LogP contribution in [0.25, 0.3) is 17.4 Å². The van der Waals surface area contributed by atoms with Gasteiger partial charge >= 0.3 is 11.9 Å². The summed E-state index contributed by atoms with van der Waals surface area (Å²) in [5.74, 6) is -2.30. The van der Waals surface area contributed by atoms with E-state index in [-0.39, 0.29) is 26.0 Å². The molecule has 0 radical (unpaired) electrons. The topological polar surface area (TPSA) is 108 Å². The molecule has 1 aliphatic rings. The van der Waals surface area contributed by atoms with E-state index in [9.17, 15) is 24.6 Å². The largest absolute Gasteiger partial charge is 0.478 e. The van der Waals surface area contributed by atoms with Crippen molar-refractivity contribution < 1.29 is 29.0 Å². The average Bonchev–Trinajstić information content (AvgIpc) is 3.34. The smallest absolute Gasteiger partial charge is 0.335 e. The molecule has 7 nitrogen and oxygen atoms in total. The van der Waals surface area contributed by atoms with Crippen molar-refractivity contribution in [3.63, 3.8) is 0 Å². The molecule has 11 heteroatoms. The van der Waals surface area contributed by atoms with E-state index in [2.05, 4.69) is 0 Å². The monoisotopic (exact) mass is 519 g/mol. The molecule has 0 atom stereocenters. The van der Waals surface area contributed by atoms with Crippen molar-refractivity contribution >= 4 is 81.1 Å². The molecule has 166 valence electrons. The van der Waals surface area contributed by atoms with Gasteiger partial charge in [-0.1, -0.05) is 47.2 Å². The van der Waals surface area contributed by atoms with Crippen LogP contribution in [0.4, 0.5) is 5.69 Å². The van der Waals surface area contributed by atoms with Crippen LogP contribution in [0.2, 0.25) is 10.0 Å². The summed E-state index contributed by atoms with van der Waals surface area (Å²) in [4.78, 5) is 37.1. The maximum Gasteiger partial charge on any atom is 0.335 e. The lowest BCUT2D eigenvalue weighted by molar-refractivity contribution is -0.113. The molecule has 0 saturated carbocycles. The van der Waals surface area contributed by atoms with Gasteiger partial charge in [-0.2, -0.15) is 0 Å². The number of anilines is 1. The Kier molecular flexibility index (Phi) is 6.31. The van der Waals surface area contributed by atoms with Gasteiger partial charge in [0, 0.05) is 11.6 Å². The summed E-state index contributed by atoms with van der Waals surface area (Å²) in [6, 6.07) is 11.8. The number of nitrogens with zero attached hydrogens (tertiary/aromatic N) is 1. The predicted octanol–water partition coefficient (Wildman–Crippen LogP) is 6.06. The van der Waals surface area contributed by atoms with E-state index in [1.165, 1.54) is 18.2 Å². The molecule has 1 saturated heterocycles. The molecule has 33 heavy (non-hydrogen) atoms. The highest BCUT2D eigenvalue weighted by molar-refractivity contribution is 8.27. The van der Waals surface area contributed by atoms with Gasteiger partial charge in [-0.05, 0) is 48.5 Å². The van der Waals surface area contributed by atoms with Crippen LogP contribution in [0, 0.1) is 0 Å². The van der Waals surface area contributed by atoms with Crippen molar-refractivity contribution in [3.8, 4) is 11.3 Å². The molecule has 0 aliphatic carbocycles. The number of thiocarbonyl (C=S) groups is 1. The molecule has 0 bridgehead atoms. The highest BCUT2D eigenvalue weighted by Crippen LogP contribution is 2.37. The summed E-state index contributed by atoms with van der Waals surface area (Å²) >= 11 is 18.3. The number of thioether (sulfide) groups is 1. The Hall–Kier alpha value is -3.11. The van der Waals surface area contributed by atoms with Gasteiger partial charge in [0.25, 0.3) is 5.91 Å². The first-order chi connectivity index (χ1) is 15.6. The second kappa shape index (κ2) is 9.03. The summed E-state index contributed by atoms with van der Waals surface area (Å²) in [5, 5.41) is 19.4. The molecule has 2 aromatic carbocycles. The number of carbonyl (C=O) groups is 3. The van der Waals surface area contributed by atoms with Crippen molar-refractivity contribution in [1.82, 2.24) is 0 Å². The van der Waals surface area contributed by atoms with Crippen LogP contribution in [0.3, 0.4) is 0 Å². The molecule has 2 N–H and O–H groups in total. The number of aromatic carboxylic acids is 2. The third-order valence-corrected chi connectivity index (χ3v) is 6.61. The first kappa shape index (κ1) is 23.1. The molecular formula is C22H11Cl2NO6S2. The summed E-state index contributed by atoms with van der Waals surface area (Å²) in [7, 11) is 0. The van der Waals surface area contributed by atoms with Crippen molar-refractivity contribution in [1.29, 1.82) is 0 Å². The summed E-state index contributed by atoms with van der Waals surface area (Å²) in [6.45, 7) is 0. The minimum Gasteiger partial charge on any atom is -0.478 e. The van der Waals surface area contributed by atoms with Crippen LogP contribution < -0.4 is 4.90 Å². The van der Waals surface area contributed by atoms with E-state index < -0.39 is 17.8 Å². The van der Waals surface area contributed by atoms with E-state index >= 15 is 0 Å². The van der Waals surface area contributed by atoms with Gasteiger partial charge in [0.05, 0.1) is 31.8 Å². The molecule has 1 fully saturated rings. The Balaban J connectivity index is 1.65. The van der Waals surface area contributed by atoms with Crippen molar-refractivity contribution in [2.24, 2.45) is 0 Å². The standard InChI is InChI=1S/C22H11Cl2NO6S2/c23-15-3-1-10(8-16(15)24)17-4-2-14(31-17)9-18-19(26)25(22(32)33-18)13-6-11(20(27)28)5-12(7-13)21(29)30/h1-9H,(H,27,28)(H,29,30)/b18-9+. The van der Waals surface area contributed by atoms with E-state index in [1.54, 1.807) is 30.3 Å². The fraction of sp³-hybridized carbons (Fsp3) is 0. The Morgan fingerprint density at radius 2 is 1.64 bits per heavy atom. The number of rotatable bonds is 5. The number of hydrogen-bond donors (Lipinski definition) is 2. The van der Waals surface area contributed by atoms with Crippen molar-refractivity contribution in [2.45, 2.75) is 0 Å². The Labute approximate surface area is 206 Å². The average molecular weight is 520 g/mol. The van der Waals surface area contributed by atoms with Gasteiger partial charge in [0.15, 0.2) is 4.32 Å². The number of carboxylic acids is 2. The molecular weight excluding hydrogens is 509 g/mol. The number of furan rings is 1. The number of benzene rings is 2. The number of carbonyl (C=O) groups excluding carboxylic acids is 1. The Bertz CT molecular complexity index is 1350. The van der Waals surface area contributed by atoms with E-state index in [1.807, 2.05) is 0 Å². The molecule has 1 aromatic heterocycles. The lowest BCUT2D eigenvalue weighted by Gasteiger charge is -2.16. The zero-order valence-electron chi connectivity index (χ0n) is 16.2. The third-order valence-electron chi connectivity index (χ3n) is 4.57. The van der Waals surface area contributed by atoms with E-state index in [4.69, 9.17) is 39.8 Å². The number of amides is 1. The quantitative estimate of drug-likeness (QED) is 0.309. The lowest BCUT2D eigenvalue weighted by Crippen LogP contribution is -2.28. The van der Waals surface area contributed by atoms with Crippen LogP contribution in [0.15, 0.2) is 57.9 Å². The van der Waals surface area contributed by atoms with Gasteiger partial charge in [0.1, 0.15) is 11.5 Å². The summed E-state index contributed by atoms with van der Waals surface area (Å²) in [6.07, 6.45) is 1.50. The fourth-order valence-corrected chi connectivity index (χ4v) is 4.62. The Morgan fingerprint density at radius 3 is 2.24 bits per heavy atom. The first-order valence-corrected chi connectivity index (χ1v) is 11.1. The molecule has 1 aliphatic heterocycles. The molecule has 2 heterocycles. The normalized spacial score (nSPS) is 14.8. The molecule has 1 amide bonds. The SMILES string of the molecule is O=C(O)c1cc(C(=O)O)cc(N2C(=O)/C(=C\c3ccc(-c4ccc(Cl)c(Cl)c4)o3)SC2=S)c1. The van der Waals surface area contributed by atoms with Crippen LogP contribution in [0.5, 0.6) is 0 Å². The number of halogens is 2. The Morgan fingerprint density at radius 1 is 0.970 bits per heavy atom. The van der Waals surface area contributed by atoms with E-state index in [0.717, 1.165) is 22.7 Å². The predicted molar refractivity (Wildman–Crippen MR) is 130 cm³/mol. The fourth-order valence-electron chi connectivity index (χ4n) is 3.04. The van der Waals surface area contributed by atoms with Gasteiger partial charge in [-0.15, -0.1) is 0 Å². The van der Waals surface area contributed by atoms with Crippen LogP contribution in [-0.2, 0) is 4.79 Å². The second-order valence-corrected chi connectivity index (χ2v) is 9.22. The van der Waals surface area contributed by atoms with Crippen molar-refractivity contribution in [3.05, 3.63) is 80.4 Å². The summed E-state index contributed by atoms with van der Waals surface area (Å²) in [5.41, 5.74) is 0.192. The second-order valence-electron chi connectivity index (χ2n) is 6.73. The minimum atomic E-state index is -1.33. The minimum absolute atomic E-state index is 0.0501. The van der Waals surface area contributed by atoms with Gasteiger partial charge < -0.3 is 14.6 Å². The number of carboxylic acid groups (broad SMARTS) is 2. The third kappa shape index (κ3) is 4.67. The highest BCUT2D eigenvalue weighted by atomic mass is 35.5. The molecule has 0 unspecified atom stereocenters.